The Morgan fingerprint density at radius 1 is 1.33 bits per heavy atom. The summed E-state index contributed by atoms with van der Waals surface area (Å²) >= 11 is 3.35. The lowest BCUT2D eigenvalue weighted by molar-refractivity contribution is -0.118. The average molecular weight is 313 g/mol. The molecule has 0 radical (unpaired) electrons. The normalized spacial score (nSPS) is 10.1. The first-order valence-electron chi connectivity index (χ1n) is 5.83. The summed E-state index contributed by atoms with van der Waals surface area (Å²) in [5, 5.41) is 2.82. The molecule has 98 valence electrons. The molecule has 0 aliphatic heterocycles. The van der Waals surface area contributed by atoms with Gasteiger partial charge in [0.2, 0.25) is 5.91 Å². The Kier molecular flexibility index (Phi) is 5.85. The van der Waals surface area contributed by atoms with E-state index in [-0.39, 0.29) is 11.8 Å². The lowest BCUT2D eigenvalue weighted by Gasteiger charge is -2.07. The van der Waals surface area contributed by atoms with Crippen LogP contribution in [0, 0.1) is 6.92 Å². The molecule has 0 heterocycles. The molecule has 18 heavy (non-hydrogen) atoms. The van der Waals surface area contributed by atoms with E-state index in [1.807, 2.05) is 25.1 Å². The minimum atomic E-state index is -0.303. The van der Waals surface area contributed by atoms with Gasteiger partial charge in [0.1, 0.15) is 0 Å². The van der Waals surface area contributed by atoms with Crippen LogP contribution in [-0.2, 0) is 4.79 Å². The third-order valence-electron chi connectivity index (χ3n) is 2.50. The molecule has 2 amide bonds. The zero-order chi connectivity index (χ0) is 13.5. The van der Waals surface area contributed by atoms with Crippen molar-refractivity contribution in [3.05, 3.63) is 33.8 Å². The fourth-order valence-electron chi connectivity index (χ4n) is 1.53. The summed E-state index contributed by atoms with van der Waals surface area (Å²) in [6, 6.07) is 5.63. The highest BCUT2D eigenvalue weighted by atomic mass is 79.9. The van der Waals surface area contributed by atoms with E-state index in [0.29, 0.717) is 24.9 Å². The van der Waals surface area contributed by atoms with Gasteiger partial charge in [0.25, 0.3) is 5.91 Å². The molecule has 0 bridgehead atoms. The molecule has 0 spiro atoms. The largest absolute Gasteiger partial charge is 0.370 e. The van der Waals surface area contributed by atoms with Crippen LogP contribution in [0.5, 0.6) is 0 Å². The molecule has 0 saturated heterocycles. The molecule has 1 rings (SSSR count). The van der Waals surface area contributed by atoms with Crippen LogP contribution < -0.4 is 11.1 Å². The standard InChI is InChI=1S/C13H17BrN2O2/c1-9-5-6-11(14)10(8-9)13(18)16-7-3-2-4-12(15)17/h5-6,8H,2-4,7H2,1H3,(H2,15,17)(H,16,18). The van der Waals surface area contributed by atoms with E-state index in [1.165, 1.54) is 0 Å². The second-order valence-electron chi connectivity index (χ2n) is 4.16. The van der Waals surface area contributed by atoms with Crippen molar-refractivity contribution in [2.75, 3.05) is 6.54 Å². The van der Waals surface area contributed by atoms with Crippen LogP contribution in [0.1, 0.15) is 35.2 Å². The van der Waals surface area contributed by atoms with E-state index in [4.69, 9.17) is 5.73 Å². The first-order chi connectivity index (χ1) is 8.50. The summed E-state index contributed by atoms with van der Waals surface area (Å²) in [6.07, 6.45) is 1.81. The van der Waals surface area contributed by atoms with Crippen LogP contribution in [0.25, 0.3) is 0 Å². The van der Waals surface area contributed by atoms with Gasteiger partial charge in [0, 0.05) is 17.4 Å². The topological polar surface area (TPSA) is 72.2 Å². The van der Waals surface area contributed by atoms with Gasteiger partial charge in [-0.2, -0.15) is 0 Å². The Hall–Kier alpha value is -1.36. The first kappa shape index (κ1) is 14.7. The summed E-state index contributed by atoms with van der Waals surface area (Å²) in [5.41, 5.74) is 6.70. The highest BCUT2D eigenvalue weighted by Gasteiger charge is 2.09. The molecule has 1 aromatic carbocycles. The van der Waals surface area contributed by atoms with Crippen LogP contribution in [0.4, 0.5) is 0 Å². The Morgan fingerprint density at radius 3 is 2.72 bits per heavy atom. The number of unbranched alkanes of at least 4 members (excludes halogenated alkanes) is 1. The minimum Gasteiger partial charge on any atom is -0.370 e. The number of amides is 2. The number of carbonyl (C=O) groups excluding carboxylic acids is 2. The third-order valence-corrected chi connectivity index (χ3v) is 3.19. The molecule has 4 nitrogen and oxygen atoms in total. The number of carbonyl (C=O) groups is 2. The van der Waals surface area contributed by atoms with E-state index in [9.17, 15) is 9.59 Å². The zero-order valence-electron chi connectivity index (χ0n) is 10.3. The van der Waals surface area contributed by atoms with E-state index in [2.05, 4.69) is 21.2 Å². The first-order valence-corrected chi connectivity index (χ1v) is 6.62. The molecular formula is C13H17BrN2O2. The van der Waals surface area contributed by atoms with Gasteiger partial charge in [0.15, 0.2) is 0 Å². The lowest BCUT2D eigenvalue weighted by atomic mass is 10.1. The van der Waals surface area contributed by atoms with E-state index >= 15 is 0 Å². The van der Waals surface area contributed by atoms with Crippen molar-refractivity contribution in [1.29, 1.82) is 0 Å². The van der Waals surface area contributed by atoms with Gasteiger partial charge in [-0.05, 0) is 47.8 Å². The number of nitrogens with one attached hydrogen (secondary N) is 1. The van der Waals surface area contributed by atoms with Gasteiger partial charge in [-0.1, -0.05) is 11.6 Å². The molecule has 3 N–H and O–H groups in total. The fourth-order valence-corrected chi connectivity index (χ4v) is 1.96. The van der Waals surface area contributed by atoms with E-state index < -0.39 is 0 Å². The molecule has 1 aromatic rings. The molecule has 5 heteroatoms. The van der Waals surface area contributed by atoms with Crippen molar-refractivity contribution >= 4 is 27.7 Å². The number of benzene rings is 1. The minimum absolute atomic E-state index is 0.107. The number of nitrogens with two attached hydrogens (primary N) is 1. The van der Waals surface area contributed by atoms with Crippen molar-refractivity contribution in [3.63, 3.8) is 0 Å². The number of halogens is 1. The quantitative estimate of drug-likeness (QED) is 0.790. The predicted molar refractivity (Wildman–Crippen MR) is 74.3 cm³/mol. The van der Waals surface area contributed by atoms with Crippen molar-refractivity contribution in [1.82, 2.24) is 5.32 Å². The average Bonchev–Trinajstić information content (AvgIpc) is 2.31. The molecule has 0 unspecified atom stereocenters. The van der Waals surface area contributed by atoms with Crippen molar-refractivity contribution in [3.8, 4) is 0 Å². The number of hydrogen-bond donors (Lipinski definition) is 2. The summed E-state index contributed by atoms with van der Waals surface area (Å²) in [7, 11) is 0. The summed E-state index contributed by atoms with van der Waals surface area (Å²) in [4.78, 5) is 22.4. The number of primary amides is 1. The predicted octanol–water partition coefficient (Wildman–Crippen LogP) is 2.14. The van der Waals surface area contributed by atoms with Gasteiger partial charge in [0.05, 0.1) is 5.56 Å². The molecule has 0 aliphatic rings. The maximum atomic E-state index is 11.9. The van der Waals surface area contributed by atoms with Crippen LogP contribution in [0.15, 0.2) is 22.7 Å². The third kappa shape index (κ3) is 4.87. The lowest BCUT2D eigenvalue weighted by Crippen LogP contribution is -2.25. The molecule has 0 saturated carbocycles. The van der Waals surface area contributed by atoms with Crippen molar-refractivity contribution in [2.24, 2.45) is 5.73 Å². The SMILES string of the molecule is Cc1ccc(Br)c(C(=O)NCCCCC(N)=O)c1. The second kappa shape index (κ2) is 7.16. The maximum Gasteiger partial charge on any atom is 0.252 e. The summed E-state index contributed by atoms with van der Waals surface area (Å²) in [5.74, 6) is -0.410. The van der Waals surface area contributed by atoms with Crippen molar-refractivity contribution < 1.29 is 9.59 Å². The second-order valence-corrected chi connectivity index (χ2v) is 5.02. The van der Waals surface area contributed by atoms with Gasteiger partial charge < -0.3 is 11.1 Å². The molecule has 0 aromatic heterocycles. The van der Waals surface area contributed by atoms with Gasteiger partial charge in [-0.3, -0.25) is 9.59 Å². The van der Waals surface area contributed by atoms with Crippen LogP contribution in [0.3, 0.4) is 0 Å². The Labute approximate surface area is 115 Å². The van der Waals surface area contributed by atoms with Gasteiger partial charge in [-0.15, -0.1) is 0 Å². The van der Waals surface area contributed by atoms with Crippen LogP contribution in [0.2, 0.25) is 0 Å². The van der Waals surface area contributed by atoms with Crippen LogP contribution in [-0.4, -0.2) is 18.4 Å². The van der Waals surface area contributed by atoms with Crippen molar-refractivity contribution in [2.45, 2.75) is 26.2 Å². The summed E-state index contributed by atoms with van der Waals surface area (Å²) in [6.45, 7) is 2.49. The highest BCUT2D eigenvalue weighted by Crippen LogP contribution is 2.17. The Balaban J connectivity index is 2.41. The van der Waals surface area contributed by atoms with Gasteiger partial charge >= 0.3 is 0 Å². The fraction of sp³-hybridized carbons (Fsp3) is 0.385. The molecular weight excluding hydrogens is 296 g/mol. The smallest absolute Gasteiger partial charge is 0.252 e. The number of aryl methyl sites for hydroxylation is 1. The zero-order valence-corrected chi connectivity index (χ0v) is 11.9. The Morgan fingerprint density at radius 2 is 2.06 bits per heavy atom. The number of hydrogen-bond acceptors (Lipinski definition) is 2. The Bertz CT molecular complexity index is 447. The molecule has 0 fully saturated rings. The molecule has 0 atom stereocenters. The monoisotopic (exact) mass is 312 g/mol. The maximum absolute atomic E-state index is 11.9. The molecule has 0 aliphatic carbocycles. The summed E-state index contributed by atoms with van der Waals surface area (Å²) < 4.78 is 0.780. The van der Waals surface area contributed by atoms with Gasteiger partial charge in [-0.25, -0.2) is 0 Å². The van der Waals surface area contributed by atoms with E-state index in [1.54, 1.807) is 0 Å². The van der Waals surface area contributed by atoms with Crippen LogP contribution >= 0.6 is 15.9 Å². The van der Waals surface area contributed by atoms with E-state index in [0.717, 1.165) is 16.5 Å². The highest BCUT2D eigenvalue weighted by molar-refractivity contribution is 9.10. The number of rotatable bonds is 6.